The molecule has 0 saturated heterocycles. The topological polar surface area (TPSA) is 80.5 Å². The smallest absolute Gasteiger partial charge is 0.264 e. The second-order valence-electron chi connectivity index (χ2n) is 5.20. The molecule has 20 heavy (non-hydrogen) atoms. The second-order valence-corrected chi connectivity index (χ2v) is 5.20. The number of allylic oxidation sites excluding steroid dienone is 1. The largest absolute Gasteiger partial charge is 0.398 e. The molecule has 1 fully saturated rings. The average molecular weight is 270 g/mol. The summed E-state index contributed by atoms with van der Waals surface area (Å²) in [5.74, 6) is -1.02. The zero-order valence-corrected chi connectivity index (χ0v) is 10.9. The van der Waals surface area contributed by atoms with Gasteiger partial charge >= 0.3 is 0 Å². The van der Waals surface area contributed by atoms with Gasteiger partial charge in [-0.15, -0.1) is 0 Å². The fraction of sp³-hybridized carbons (Fsp3) is 0.267. The molecule has 1 atom stereocenters. The Bertz CT molecular complexity index is 663. The SMILES string of the molecule is C=C1CCC(N2C(=O)c3cccc(N)c3C2=O)C(=O)C1. The van der Waals surface area contributed by atoms with Gasteiger partial charge in [0.05, 0.1) is 17.2 Å². The molecule has 2 aliphatic rings. The molecule has 3 rings (SSSR count). The van der Waals surface area contributed by atoms with Crippen molar-refractivity contribution in [3.8, 4) is 0 Å². The van der Waals surface area contributed by atoms with Crippen LogP contribution in [0.5, 0.6) is 0 Å². The Balaban J connectivity index is 2.00. The van der Waals surface area contributed by atoms with E-state index in [9.17, 15) is 14.4 Å². The van der Waals surface area contributed by atoms with Crippen molar-refractivity contribution in [3.63, 3.8) is 0 Å². The maximum Gasteiger partial charge on any atom is 0.264 e. The second kappa shape index (κ2) is 4.30. The van der Waals surface area contributed by atoms with Gasteiger partial charge in [-0.1, -0.05) is 18.2 Å². The first-order chi connectivity index (χ1) is 9.50. The van der Waals surface area contributed by atoms with E-state index in [0.29, 0.717) is 12.8 Å². The van der Waals surface area contributed by atoms with Crippen LogP contribution in [0.4, 0.5) is 5.69 Å². The van der Waals surface area contributed by atoms with Crippen LogP contribution in [0.1, 0.15) is 40.0 Å². The molecular formula is C15H14N2O3. The predicted molar refractivity (Wildman–Crippen MR) is 73.1 cm³/mol. The third-order valence-corrected chi connectivity index (χ3v) is 3.86. The number of imide groups is 1. The van der Waals surface area contributed by atoms with Crippen molar-refractivity contribution in [1.82, 2.24) is 4.90 Å². The number of nitrogens with two attached hydrogens (primary N) is 1. The van der Waals surface area contributed by atoms with Crippen LogP contribution >= 0.6 is 0 Å². The van der Waals surface area contributed by atoms with Gasteiger partial charge in [-0.3, -0.25) is 19.3 Å². The lowest BCUT2D eigenvalue weighted by atomic mass is 9.89. The van der Waals surface area contributed by atoms with E-state index in [0.717, 1.165) is 10.5 Å². The number of hydrogen-bond donors (Lipinski definition) is 1. The number of carbonyl (C=O) groups is 3. The molecule has 1 saturated carbocycles. The van der Waals surface area contributed by atoms with E-state index in [1.54, 1.807) is 18.2 Å². The number of Topliss-reactive ketones (excluding diaryl/α,β-unsaturated/α-hetero) is 1. The monoisotopic (exact) mass is 270 g/mol. The molecule has 2 amide bonds. The van der Waals surface area contributed by atoms with Crippen LogP contribution in [0.2, 0.25) is 0 Å². The molecule has 0 radical (unpaired) electrons. The van der Waals surface area contributed by atoms with Gasteiger partial charge in [-0.25, -0.2) is 0 Å². The molecule has 1 unspecified atom stereocenters. The quantitative estimate of drug-likeness (QED) is 0.477. The van der Waals surface area contributed by atoms with Crippen LogP contribution in [-0.4, -0.2) is 28.5 Å². The molecule has 5 nitrogen and oxygen atoms in total. The Hall–Kier alpha value is -2.43. The minimum absolute atomic E-state index is 0.130. The summed E-state index contributed by atoms with van der Waals surface area (Å²) in [7, 11) is 0. The van der Waals surface area contributed by atoms with Crippen LogP contribution in [0.3, 0.4) is 0 Å². The summed E-state index contributed by atoms with van der Waals surface area (Å²) in [6.07, 6.45) is 1.33. The summed E-state index contributed by atoms with van der Waals surface area (Å²) in [5.41, 5.74) is 7.40. The number of anilines is 1. The summed E-state index contributed by atoms with van der Waals surface area (Å²) in [5, 5.41) is 0. The minimum atomic E-state index is -0.688. The molecule has 1 heterocycles. The number of carbonyl (C=O) groups excluding carboxylic acids is 3. The van der Waals surface area contributed by atoms with Gasteiger partial charge in [0.15, 0.2) is 5.78 Å². The molecule has 1 aliphatic carbocycles. The highest BCUT2D eigenvalue weighted by atomic mass is 16.2. The number of amides is 2. The van der Waals surface area contributed by atoms with Gasteiger partial charge in [0.1, 0.15) is 0 Å². The van der Waals surface area contributed by atoms with E-state index in [-0.39, 0.29) is 29.0 Å². The summed E-state index contributed by atoms with van der Waals surface area (Å²) in [4.78, 5) is 37.9. The summed E-state index contributed by atoms with van der Waals surface area (Å²) >= 11 is 0. The van der Waals surface area contributed by atoms with Crippen LogP contribution in [0.25, 0.3) is 0 Å². The lowest BCUT2D eigenvalue weighted by molar-refractivity contribution is -0.123. The summed E-state index contributed by atoms with van der Waals surface area (Å²) < 4.78 is 0. The zero-order valence-electron chi connectivity index (χ0n) is 10.9. The number of nitrogens with zero attached hydrogens (tertiary/aromatic N) is 1. The van der Waals surface area contributed by atoms with Crippen molar-refractivity contribution in [2.24, 2.45) is 0 Å². The molecule has 5 heteroatoms. The fourth-order valence-electron chi connectivity index (χ4n) is 2.84. The van der Waals surface area contributed by atoms with Gasteiger partial charge in [0.2, 0.25) is 0 Å². The van der Waals surface area contributed by atoms with Gasteiger partial charge in [-0.2, -0.15) is 0 Å². The number of hydrogen-bond acceptors (Lipinski definition) is 4. The van der Waals surface area contributed by atoms with Crippen molar-refractivity contribution in [2.45, 2.75) is 25.3 Å². The number of benzene rings is 1. The number of rotatable bonds is 1. The van der Waals surface area contributed by atoms with Crippen molar-refractivity contribution < 1.29 is 14.4 Å². The van der Waals surface area contributed by atoms with Crippen molar-refractivity contribution in [3.05, 3.63) is 41.5 Å². The summed E-state index contributed by atoms with van der Waals surface area (Å²) in [6, 6.07) is 4.09. The van der Waals surface area contributed by atoms with E-state index in [2.05, 4.69) is 6.58 Å². The predicted octanol–water partition coefficient (Wildman–Crippen LogP) is 1.54. The highest BCUT2D eigenvalue weighted by molar-refractivity contribution is 6.25. The van der Waals surface area contributed by atoms with Crippen LogP contribution in [-0.2, 0) is 4.79 Å². The molecule has 2 N–H and O–H groups in total. The standard InChI is InChI=1S/C15H14N2O3/c1-8-5-6-11(12(18)7-8)17-14(19)9-3-2-4-10(16)13(9)15(17)20/h2-4,11H,1,5-7,16H2. The molecule has 0 aromatic heterocycles. The number of fused-ring (bicyclic) bond motifs is 1. The van der Waals surface area contributed by atoms with Crippen molar-refractivity contribution >= 4 is 23.3 Å². The highest BCUT2D eigenvalue weighted by Crippen LogP contribution is 2.33. The van der Waals surface area contributed by atoms with E-state index in [1.807, 2.05) is 0 Å². The van der Waals surface area contributed by atoms with Gasteiger partial charge in [0, 0.05) is 12.1 Å². The van der Waals surface area contributed by atoms with Gasteiger partial charge in [-0.05, 0) is 25.0 Å². The highest BCUT2D eigenvalue weighted by Gasteiger charge is 2.44. The molecule has 0 bridgehead atoms. The molecule has 1 aromatic carbocycles. The Morgan fingerprint density at radius 3 is 2.60 bits per heavy atom. The number of nitrogen functional groups attached to an aromatic ring is 1. The Morgan fingerprint density at radius 2 is 1.95 bits per heavy atom. The van der Waals surface area contributed by atoms with E-state index in [1.165, 1.54) is 0 Å². The fourth-order valence-corrected chi connectivity index (χ4v) is 2.84. The molecule has 102 valence electrons. The maximum absolute atomic E-state index is 12.4. The summed E-state index contributed by atoms with van der Waals surface area (Å²) in [6.45, 7) is 3.79. The van der Waals surface area contributed by atoms with Crippen molar-refractivity contribution in [1.29, 1.82) is 0 Å². The zero-order chi connectivity index (χ0) is 14.4. The maximum atomic E-state index is 12.4. The minimum Gasteiger partial charge on any atom is -0.398 e. The van der Waals surface area contributed by atoms with Crippen molar-refractivity contribution in [2.75, 3.05) is 5.73 Å². The number of ketones is 1. The van der Waals surface area contributed by atoms with E-state index < -0.39 is 17.9 Å². The lowest BCUT2D eigenvalue weighted by Gasteiger charge is -2.29. The first-order valence-electron chi connectivity index (χ1n) is 6.46. The van der Waals surface area contributed by atoms with Crippen LogP contribution in [0, 0.1) is 0 Å². The molecular weight excluding hydrogens is 256 g/mol. The van der Waals surface area contributed by atoms with E-state index in [4.69, 9.17) is 5.73 Å². The first-order valence-corrected chi connectivity index (χ1v) is 6.46. The van der Waals surface area contributed by atoms with Crippen LogP contribution in [0.15, 0.2) is 30.4 Å². The lowest BCUT2D eigenvalue weighted by Crippen LogP contribution is -2.46. The van der Waals surface area contributed by atoms with Gasteiger partial charge in [0.25, 0.3) is 11.8 Å². The first kappa shape index (κ1) is 12.6. The van der Waals surface area contributed by atoms with E-state index >= 15 is 0 Å². The average Bonchev–Trinajstić information content (AvgIpc) is 2.64. The Morgan fingerprint density at radius 1 is 1.20 bits per heavy atom. The van der Waals surface area contributed by atoms with Crippen LogP contribution < -0.4 is 5.73 Å². The normalized spacial score (nSPS) is 22.4. The third-order valence-electron chi connectivity index (χ3n) is 3.86. The van der Waals surface area contributed by atoms with Gasteiger partial charge < -0.3 is 5.73 Å². The Kier molecular flexibility index (Phi) is 2.71. The Labute approximate surface area is 116 Å². The third kappa shape index (κ3) is 1.66. The molecule has 0 spiro atoms. The molecule has 1 aromatic rings. The molecule has 1 aliphatic heterocycles.